The molecule has 1 N–H and O–H groups in total. The lowest BCUT2D eigenvalue weighted by molar-refractivity contribution is -0.123. The summed E-state index contributed by atoms with van der Waals surface area (Å²) in [6.07, 6.45) is -0.980. The second-order valence-corrected chi connectivity index (χ2v) is 6.79. The number of hydrogen-bond acceptors (Lipinski definition) is 4. The molecular formula is C17H18FNO3S. The number of ether oxygens (including phenoxy) is 1. The first-order valence-corrected chi connectivity index (χ1v) is 7.94. The molecular weight excluding hydrogens is 317 g/mol. The van der Waals surface area contributed by atoms with Gasteiger partial charge in [0.1, 0.15) is 5.82 Å². The van der Waals surface area contributed by atoms with Crippen molar-refractivity contribution in [2.75, 3.05) is 5.32 Å². The van der Waals surface area contributed by atoms with Crippen LogP contribution < -0.4 is 5.32 Å². The zero-order valence-corrected chi connectivity index (χ0v) is 14.2. The quantitative estimate of drug-likeness (QED) is 0.859. The van der Waals surface area contributed by atoms with Crippen molar-refractivity contribution in [1.82, 2.24) is 0 Å². The highest BCUT2D eigenvalue weighted by Crippen LogP contribution is 2.22. The largest absolute Gasteiger partial charge is 0.449 e. The molecule has 1 amide bonds. The Hall–Kier alpha value is -2.21. The third-order valence-corrected chi connectivity index (χ3v) is 4.32. The summed E-state index contributed by atoms with van der Waals surface area (Å²) in [5.74, 6) is -1.45. The van der Waals surface area contributed by atoms with E-state index in [9.17, 15) is 14.0 Å². The molecule has 2 rings (SSSR count). The number of carbonyl (C=O) groups is 2. The summed E-state index contributed by atoms with van der Waals surface area (Å²) in [6, 6.07) is 6.13. The molecule has 0 unspecified atom stereocenters. The molecule has 122 valence electrons. The van der Waals surface area contributed by atoms with E-state index in [1.54, 1.807) is 25.1 Å². The van der Waals surface area contributed by atoms with Crippen LogP contribution in [0.5, 0.6) is 0 Å². The fraction of sp³-hybridized carbons (Fsp3) is 0.294. The van der Waals surface area contributed by atoms with Crippen LogP contribution in [0, 0.1) is 26.6 Å². The van der Waals surface area contributed by atoms with Gasteiger partial charge >= 0.3 is 5.97 Å². The molecule has 0 saturated heterocycles. The van der Waals surface area contributed by atoms with E-state index in [4.69, 9.17) is 4.74 Å². The fourth-order valence-electron chi connectivity index (χ4n) is 2.03. The molecule has 0 fully saturated rings. The van der Waals surface area contributed by atoms with E-state index in [1.165, 1.54) is 24.3 Å². The van der Waals surface area contributed by atoms with E-state index in [-0.39, 0.29) is 0 Å². The first-order valence-electron chi connectivity index (χ1n) is 7.13. The Morgan fingerprint density at radius 1 is 1.22 bits per heavy atom. The monoisotopic (exact) mass is 335 g/mol. The van der Waals surface area contributed by atoms with Crippen molar-refractivity contribution in [3.8, 4) is 0 Å². The molecule has 2 aromatic rings. The van der Waals surface area contributed by atoms with E-state index < -0.39 is 23.8 Å². The van der Waals surface area contributed by atoms with E-state index in [0.717, 1.165) is 9.75 Å². The molecule has 0 aliphatic heterocycles. The third kappa shape index (κ3) is 4.16. The van der Waals surface area contributed by atoms with Gasteiger partial charge < -0.3 is 10.1 Å². The molecule has 23 heavy (non-hydrogen) atoms. The van der Waals surface area contributed by atoms with Crippen LogP contribution in [0.3, 0.4) is 0 Å². The zero-order valence-electron chi connectivity index (χ0n) is 13.4. The third-order valence-electron chi connectivity index (χ3n) is 3.35. The molecule has 4 nitrogen and oxygen atoms in total. The molecule has 0 radical (unpaired) electrons. The van der Waals surface area contributed by atoms with Gasteiger partial charge in [0.15, 0.2) is 6.10 Å². The highest BCUT2D eigenvalue weighted by Gasteiger charge is 2.21. The number of carbonyl (C=O) groups excluding carboxylic acids is 2. The summed E-state index contributed by atoms with van der Waals surface area (Å²) in [4.78, 5) is 26.0. The number of aryl methyl sites for hydroxylation is 3. The normalized spacial score (nSPS) is 11.9. The van der Waals surface area contributed by atoms with Gasteiger partial charge in [0.05, 0.1) is 5.56 Å². The number of rotatable bonds is 4. The van der Waals surface area contributed by atoms with Gasteiger partial charge in [-0.25, -0.2) is 9.18 Å². The van der Waals surface area contributed by atoms with E-state index in [0.29, 0.717) is 16.8 Å². The van der Waals surface area contributed by atoms with Crippen molar-refractivity contribution in [3.63, 3.8) is 0 Å². The van der Waals surface area contributed by atoms with E-state index in [1.807, 2.05) is 13.8 Å². The second kappa shape index (κ2) is 6.91. The molecule has 1 atom stereocenters. The lowest BCUT2D eigenvalue weighted by atomic mass is 10.2. The molecule has 6 heteroatoms. The van der Waals surface area contributed by atoms with Gasteiger partial charge in [0.2, 0.25) is 0 Å². The maximum absolute atomic E-state index is 13.5. The lowest BCUT2D eigenvalue weighted by Gasteiger charge is -2.13. The topological polar surface area (TPSA) is 55.4 Å². The maximum atomic E-state index is 13.5. The van der Waals surface area contributed by atoms with Crippen LogP contribution in [0.25, 0.3) is 0 Å². The van der Waals surface area contributed by atoms with Crippen LogP contribution in [-0.4, -0.2) is 18.0 Å². The van der Waals surface area contributed by atoms with Crippen molar-refractivity contribution >= 4 is 28.9 Å². The molecule has 1 aromatic heterocycles. The van der Waals surface area contributed by atoms with Crippen LogP contribution >= 0.6 is 11.3 Å². The second-order valence-electron chi connectivity index (χ2n) is 5.33. The highest BCUT2D eigenvalue weighted by molar-refractivity contribution is 7.12. The summed E-state index contributed by atoms with van der Waals surface area (Å²) < 4.78 is 18.7. The number of amides is 1. The van der Waals surface area contributed by atoms with Gasteiger partial charge in [-0.15, -0.1) is 11.3 Å². The number of thiophene rings is 1. The van der Waals surface area contributed by atoms with Gasteiger partial charge in [-0.3, -0.25) is 4.79 Å². The van der Waals surface area contributed by atoms with Gasteiger partial charge in [-0.1, -0.05) is 6.07 Å². The number of anilines is 1. The number of esters is 1. The summed E-state index contributed by atoms with van der Waals surface area (Å²) in [7, 11) is 0. The minimum absolute atomic E-state index is 0.323. The Morgan fingerprint density at radius 3 is 2.48 bits per heavy atom. The van der Waals surface area contributed by atoms with Crippen LogP contribution in [0.1, 0.15) is 32.6 Å². The predicted octanol–water partition coefficient (Wildman–Crippen LogP) is 4.00. The van der Waals surface area contributed by atoms with Gasteiger partial charge in [-0.2, -0.15) is 0 Å². The Bertz CT molecular complexity index is 754. The van der Waals surface area contributed by atoms with Crippen molar-refractivity contribution in [2.24, 2.45) is 0 Å². The van der Waals surface area contributed by atoms with Crippen molar-refractivity contribution in [2.45, 2.75) is 33.8 Å². The van der Waals surface area contributed by atoms with Crippen molar-refractivity contribution in [1.29, 1.82) is 0 Å². The first kappa shape index (κ1) is 17.1. The fourth-order valence-corrected chi connectivity index (χ4v) is 2.94. The number of nitrogens with one attached hydrogen (secondary N) is 1. The summed E-state index contributed by atoms with van der Waals surface area (Å²) in [5, 5.41) is 2.53. The predicted molar refractivity (Wildman–Crippen MR) is 88.4 cm³/mol. The number of hydrogen-bond donors (Lipinski definition) is 1. The summed E-state index contributed by atoms with van der Waals surface area (Å²) in [5.41, 5.74) is 1.28. The Balaban J connectivity index is 2.00. The lowest BCUT2D eigenvalue weighted by Crippen LogP contribution is -2.30. The average Bonchev–Trinajstić information content (AvgIpc) is 2.81. The van der Waals surface area contributed by atoms with Gasteiger partial charge in [0.25, 0.3) is 5.91 Å². The van der Waals surface area contributed by atoms with Gasteiger partial charge in [-0.05, 0) is 51.5 Å². The number of halogens is 1. The van der Waals surface area contributed by atoms with Crippen molar-refractivity contribution < 1.29 is 18.7 Å². The van der Waals surface area contributed by atoms with Crippen LogP contribution in [0.4, 0.5) is 10.1 Å². The minimum atomic E-state index is -0.980. The molecule has 0 saturated carbocycles. The maximum Gasteiger partial charge on any atom is 0.340 e. The minimum Gasteiger partial charge on any atom is -0.449 e. The number of benzene rings is 1. The smallest absolute Gasteiger partial charge is 0.340 e. The average molecular weight is 335 g/mol. The first-order chi connectivity index (χ1) is 10.8. The Kier molecular flexibility index (Phi) is 5.15. The SMILES string of the molecule is Cc1cc(C(=O)O[C@H](C)C(=O)Nc2ccc(C)c(F)c2)c(C)s1. The van der Waals surface area contributed by atoms with Crippen molar-refractivity contribution in [3.05, 3.63) is 51.0 Å². The van der Waals surface area contributed by atoms with E-state index >= 15 is 0 Å². The molecule has 0 aliphatic carbocycles. The van der Waals surface area contributed by atoms with E-state index in [2.05, 4.69) is 5.32 Å². The summed E-state index contributed by atoms with van der Waals surface area (Å²) in [6.45, 7) is 6.84. The zero-order chi connectivity index (χ0) is 17.1. The van der Waals surface area contributed by atoms with Crippen LogP contribution in [-0.2, 0) is 9.53 Å². The van der Waals surface area contributed by atoms with Gasteiger partial charge in [0, 0.05) is 15.4 Å². The molecule has 0 spiro atoms. The molecule has 0 aliphatic rings. The summed E-state index contributed by atoms with van der Waals surface area (Å²) >= 11 is 1.50. The molecule has 1 heterocycles. The Labute approximate surface area is 138 Å². The molecule has 1 aromatic carbocycles. The van der Waals surface area contributed by atoms with Crippen LogP contribution in [0.2, 0.25) is 0 Å². The highest BCUT2D eigenvalue weighted by atomic mass is 32.1. The standard InChI is InChI=1S/C17H18FNO3S/c1-9-5-6-13(8-15(9)18)19-16(20)11(3)22-17(21)14-7-10(2)23-12(14)4/h5-8,11H,1-4H3,(H,19,20)/t11-/m1/s1. The van der Waals surface area contributed by atoms with Crippen LogP contribution in [0.15, 0.2) is 24.3 Å². The Morgan fingerprint density at radius 2 is 1.91 bits per heavy atom. The molecule has 0 bridgehead atoms.